The van der Waals surface area contributed by atoms with Crippen molar-refractivity contribution in [3.63, 3.8) is 0 Å². The Bertz CT molecular complexity index is 404. The molecule has 0 saturated carbocycles. The number of hydrogen-bond acceptors (Lipinski definition) is 4. The van der Waals surface area contributed by atoms with Crippen molar-refractivity contribution >= 4 is 0 Å². The van der Waals surface area contributed by atoms with Gasteiger partial charge in [-0.3, -0.25) is 4.68 Å². The highest BCUT2D eigenvalue weighted by Gasteiger charge is 2.08. The summed E-state index contributed by atoms with van der Waals surface area (Å²) in [4.78, 5) is 4.16. The molecule has 2 rings (SSSR count). The van der Waals surface area contributed by atoms with Gasteiger partial charge in [0, 0.05) is 19.7 Å². The van der Waals surface area contributed by atoms with Gasteiger partial charge in [-0.1, -0.05) is 12.1 Å². The molecule has 5 nitrogen and oxygen atoms in total. The van der Waals surface area contributed by atoms with Crippen LogP contribution in [0.15, 0.2) is 16.8 Å². The van der Waals surface area contributed by atoms with Gasteiger partial charge >= 0.3 is 0 Å². The first-order chi connectivity index (χ1) is 6.29. The molecular weight excluding hydrogens is 168 g/mol. The molecule has 0 aromatic carbocycles. The molecule has 0 spiro atoms. The minimum absolute atomic E-state index is 0.553. The molecule has 0 atom stereocenters. The molecule has 0 saturated heterocycles. The second kappa shape index (κ2) is 3.01. The molecular formula is C8H10N4O. The van der Waals surface area contributed by atoms with Crippen LogP contribution in [0.1, 0.15) is 12.8 Å². The lowest BCUT2D eigenvalue weighted by Crippen LogP contribution is -1.89. The predicted molar refractivity (Wildman–Crippen MR) is 45.9 cm³/mol. The molecule has 0 aliphatic heterocycles. The zero-order valence-electron chi connectivity index (χ0n) is 7.56. The molecule has 0 amide bonds. The maximum absolute atomic E-state index is 4.97. The van der Waals surface area contributed by atoms with Crippen molar-refractivity contribution < 1.29 is 4.52 Å². The number of aromatic nitrogens is 4. The second-order valence-corrected chi connectivity index (χ2v) is 2.74. The third kappa shape index (κ3) is 1.44. The van der Waals surface area contributed by atoms with Gasteiger partial charge in [0.1, 0.15) is 5.69 Å². The largest absolute Gasteiger partial charge is 0.339 e. The molecule has 0 N–H and O–H groups in total. The first-order valence-corrected chi connectivity index (χ1v) is 4.12. The number of aryl methyl sites for hydroxylation is 2. The maximum Gasteiger partial charge on any atom is 0.226 e. The van der Waals surface area contributed by atoms with E-state index < -0.39 is 0 Å². The van der Waals surface area contributed by atoms with Gasteiger partial charge < -0.3 is 4.52 Å². The Morgan fingerprint density at radius 1 is 1.54 bits per heavy atom. The van der Waals surface area contributed by atoms with Crippen LogP contribution >= 0.6 is 0 Å². The smallest absolute Gasteiger partial charge is 0.226 e. The average Bonchev–Trinajstić information content (AvgIpc) is 2.71. The Morgan fingerprint density at radius 2 is 2.38 bits per heavy atom. The minimum Gasteiger partial charge on any atom is -0.339 e. The molecule has 2 aromatic heterocycles. The highest BCUT2D eigenvalue weighted by atomic mass is 16.5. The predicted octanol–water partition coefficient (Wildman–Crippen LogP) is 1.03. The Balaban J connectivity index is 2.35. The minimum atomic E-state index is 0.553. The van der Waals surface area contributed by atoms with Crippen LogP contribution in [0.25, 0.3) is 11.5 Å². The molecule has 0 fully saturated rings. The summed E-state index contributed by atoms with van der Waals surface area (Å²) in [5.74, 6) is 1.19. The summed E-state index contributed by atoms with van der Waals surface area (Å²) in [6, 6.07) is 1.85. The van der Waals surface area contributed by atoms with E-state index in [2.05, 4.69) is 15.2 Å². The van der Waals surface area contributed by atoms with Crippen molar-refractivity contribution in [1.82, 2.24) is 19.9 Å². The van der Waals surface area contributed by atoms with Crippen LogP contribution < -0.4 is 0 Å². The molecule has 2 aromatic rings. The van der Waals surface area contributed by atoms with Crippen molar-refractivity contribution in [2.24, 2.45) is 7.05 Å². The molecule has 2 heterocycles. The Kier molecular flexibility index (Phi) is 1.84. The van der Waals surface area contributed by atoms with Crippen LogP contribution in [0.3, 0.4) is 0 Å². The lowest BCUT2D eigenvalue weighted by Gasteiger charge is -1.84. The van der Waals surface area contributed by atoms with Gasteiger partial charge in [-0.2, -0.15) is 10.1 Å². The van der Waals surface area contributed by atoms with Gasteiger partial charge in [-0.05, 0) is 6.07 Å². The van der Waals surface area contributed by atoms with Gasteiger partial charge in [0.2, 0.25) is 11.7 Å². The summed E-state index contributed by atoms with van der Waals surface area (Å²) in [5, 5.41) is 7.97. The molecule has 0 bridgehead atoms. The third-order valence-electron chi connectivity index (χ3n) is 1.71. The van der Waals surface area contributed by atoms with Crippen LogP contribution in [-0.4, -0.2) is 19.9 Å². The molecule has 0 unspecified atom stereocenters. The van der Waals surface area contributed by atoms with Crippen molar-refractivity contribution in [2.45, 2.75) is 13.3 Å². The molecule has 0 aliphatic carbocycles. The van der Waals surface area contributed by atoms with Crippen molar-refractivity contribution in [1.29, 1.82) is 0 Å². The molecule has 0 radical (unpaired) electrons. The van der Waals surface area contributed by atoms with Crippen LogP contribution in [0.2, 0.25) is 0 Å². The standard InChI is InChI=1S/C8H10N4O/c1-3-7-9-8(11-13-7)6-4-5-12(2)10-6/h4-5H,3H2,1-2H3. The van der Waals surface area contributed by atoms with E-state index in [9.17, 15) is 0 Å². The Hall–Kier alpha value is -1.65. The van der Waals surface area contributed by atoms with E-state index in [1.165, 1.54) is 0 Å². The van der Waals surface area contributed by atoms with Gasteiger partial charge in [0.05, 0.1) is 0 Å². The van der Waals surface area contributed by atoms with E-state index in [1.54, 1.807) is 4.68 Å². The molecule has 5 heteroatoms. The highest BCUT2D eigenvalue weighted by Crippen LogP contribution is 2.12. The quantitative estimate of drug-likeness (QED) is 0.689. The average molecular weight is 178 g/mol. The zero-order valence-corrected chi connectivity index (χ0v) is 7.56. The second-order valence-electron chi connectivity index (χ2n) is 2.74. The molecule has 0 aliphatic rings. The first-order valence-electron chi connectivity index (χ1n) is 4.12. The maximum atomic E-state index is 4.97. The lowest BCUT2D eigenvalue weighted by molar-refractivity contribution is 0.382. The van der Waals surface area contributed by atoms with E-state index in [4.69, 9.17) is 4.52 Å². The normalized spacial score (nSPS) is 10.6. The fraction of sp³-hybridized carbons (Fsp3) is 0.375. The van der Waals surface area contributed by atoms with Crippen LogP contribution in [0.5, 0.6) is 0 Å². The number of nitrogens with zero attached hydrogens (tertiary/aromatic N) is 4. The van der Waals surface area contributed by atoms with E-state index >= 15 is 0 Å². The van der Waals surface area contributed by atoms with E-state index in [1.807, 2.05) is 26.2 Å². The van der Waals surface area contributed by atoms with Crippen molar-refractivity contribution in [3.8, 4) is 11.5 Å². The van der Waals surface area contributed by atoms with Crippen LogP contribution in [-0.2, 0) is 13.5 Å². The summed E-state index contributed by atoms with van der Waals surface area (Å²) in [6.45, 7) is 1.97. The number of hydrogen-bond donors (Lipinski definition) is 0. The monoisotopic (exact) mass is 178 g/mol. The highest BCUT2D eigenvalue weighted by molar-refractivity contribution is 5.46. The third-order valence-corrected chi connectivity index (χ3v) is 1.71. The van der Waals surface area contributed by atoms with E-state index in [-0.39, 0.29) is 0 Å². The molecule has 13 heavy (non-hydrogen) atoms. The zero-order chi connectivity index (χ0) is 9.26. The summed E-state index contributed by atoms with van der Waals surface area (Å²) >= 11 is 0. The Morgan fingerprint density at radius 3 is 2.92 bits per heavy atom. The van der Waals surface area contributed by atoms with E-state index in [0.717, 1.165) is 12.1 Å². The van der Waals surface area contributed by atoms with Gasteiger partial charge in [-0.15, -0.1) is 0 Å². The number of rotatable bonds is 2. The van der Waals surface area contributed by atoms with Gasteiger partial charge in [0.15, 0.2) is 0 Å². The van der Waals surface area contributed by atoms with Gasteiger partial charge in [-0.25, -0.2) is 0 Å². The molecule has 68 valence electrons. The van der Waals surface area contributed by atoms with E-state index in [0.29, 0.717) is 11.7 Å². The summed E-state index contributed by atoms with van der Waals surface area (Å²) < 4.78 is 6.67. The van der Waals surface area contributed by atoms with Crippen molar-refractivity contribution in [3.05, 3.63) is 18.2 Å². The lowest BCUT2D eigenvalue weighted by atomic mass is 10.4. The fourth-order valence-corrected chi connectivity index (χ4v) is 1.04. The van der Waals surface area contributed by atoms with Crippen LogP contribution in [0, 0.1) is 0 Å². The summed E-state index contributed by atoms with van der Waals surface area (Å²) in [6.07, 6.45) is 2.59. The Labute approximate surface area is 75.4 Å². The fourth-order valence-electron chi connectivity index (χ4n) is 1.04. The first kappa shape index (κ1) is 7.97. The summed E-state index contributed by atoms with van der Waals surface area (Å²) in [7, 11) is 1.85. The van der Waals surface area contributed by atoms with Crippen molar-refractivity contribution in [2.75, 3.05) is 0 Å². The van der Waals surface area contributed by atoms with Gasteiger partial charge in [0.25, 0.3) is 0 Å². The van der Waals surface area contributed by atoms with Crippen LogP contribution in [0.4, 0.5) is 0 Å². The summed E-state index contributed by atoms with van der Waals surface area (Å²) in [5.41, 5.74) is 0.742. The topological polar surface area (TPSA) is 56.7 Å². The SMILES string of the molecule is CCc1nc(-c2ccn(C)n2)no1.